The molecule has 1 rings (SSSR count). The number of hydrogen-bond donors (Lipinski definition) is 2. The molecule has 1 aromatic rings. The molecule has 2 N–H and O–H groups in total. The van der Waals surface area contributed by atoms with Gasteiger partial charge in [-0.25, -0.2) is 0 Å². The van der Waals surface area contributed by atoms with Crippen LogP contribution in [0.2, 0.25) is 0 Å². The van der Waals surface area contributed by atoms with E-state index in [9.17, 15) is 10.2 Å². The van der Waals surface area contributed by atoms with Crippen molar-refractivity contribution < 1.29 is 19.7 Å². The van der Waals surface area contributed by atoms with Gasteiger partial charge in [0.2, 0.25) is 0 Å². The van der Waals surface area contributed by atoms with E-state index in [2.05, 4.69) is 13.8 Å². The number of hydrogen-bond acceptors (Lipinski definition) is 4. The van der Waals surface area contributed by atoms with E-state index in [1.807, 2.05) is 0 Å². The number of benzene rings is 1. The summed E-state index contributed by atoms with van der Waals surface area (Å²) < 4.78 is 10.8. The molecule has 20 heavy (non-hydrogen) atoms. The van der Waals surface area contributed by atoms with Crippen LogP contribution in [0.5, 0.6) is 23.0 Å². The first-order valence-corrected chi connectivity index (χ1v) is 7.29. The van der Waals surface area contributed by atoms with Gasteiger partial charge in [0.1, 0.15) is 0 Å². The second-order valence-corrected chi connectivity index (χ2v) is 4.93. The largest absolute Gasteiger partial charge is 0.504 e. The van der Waals surface area contributed by atoms with Crippen LogP contribution in [0, 0.1) is 0 Å². The van der Waals surface area contributed by atoms with E-state index in [4.69, 9.17) is 9.47 Å². The Balaban J connectivity index is 3.37. The Morgan fingerprint density at radius 1 is 0.750 bits per heavy atom. The number of ether oxygens (including phenoxy) is 2. The summed E-state index contributed by atoms with van der Waals surface area (Å²) in [7, 11) is 3.13. The van der Waals surface area contributed by atoms with E-state index >= 15 is 0 Å². The smallest absolute Gasteiger partial charge is 0.168 e. The first-order chi connectivity index (χ1) is 9.62. The van der Waals surface area contributed by atoms with Gasteiger partial charge in [-0.3, -0.25) is 0 Å². The molecule has 0 aliphatic carbocycles. The number of unbranched alkanes of at least 4 members (excludes halogenated alkanes) is 2. The molecule has 0 bridgehead atoms. The van der Waals surface area contributed by atoms with Crippen LogP contribution in [0.1, 0.15) is 50.7 Å². The first kappa shape index (κ1) is 16.5. The van der Waals surface area contributed by atoms with E-state index in [0.29, 0.717) is 35.5 Å². The maximum absolute atomic E-state index is 10.3. The van der Waals surface area contributed by atoms with Gasteiger partial charge in [0.05, 0.1) is 14.2 Å². The normalized spacial score (nSPS) is 10.6. The van der Waals surface area contributed by atoms with Gasteiger partial charge in [0.15, 0.2) is 23.0 Å². The van der Waals surface area contributed by atoms with Crippen LogP contribution in [0.25, 0.3) is 0 Å². The number of methoxy groups -OCH3 is 2. The highest BCUT2D eigenvalue weighted by Crippen LogP contribution is 2.48. The predicted octanol–water partition coefficient (Wildman–Crippen LogP) is 3.80. The molecule has 4 nitrogen and oxygen atoms in total. The van der Waals surface area contributed by atoms with Gasteiger partial charge in [0, 0.05) is 11.1 Å². The van der Waals surface area contributed by atoms with Gasteiger partial charge in [-0.05, 0) is 25.7 Å². The third kappa shape index (κ3) is 3.30. The van der Waals surface area contributed by atoms with E-state index in [1.54, 1.807) is 14.2 Å². The molecule has 0 atom stereocenters. The highest BCUT2D eigenvalue weighted by molar-refractivity contribution is 5.65. The highest BCUT2D eigenvalue weighted by atomic mass is 16.5. The van der Waals surface area contributed by atoms with Crippen molar-refractivity contribution in [1.82, 2.24) is 0 Å². The van der Waals surface area contributed by atoms with Gasteiger partial charge >= 0.3 is 0 Å². The molecule has 0 spiro atoms. The quantitative estimate of drug-likeness (QED) is 0.712. The van der Waals surface area contributed by atoms with Crippen LogP contribution in [0.3, 0.4) is 0 Å². The fourth-order valence-corrected chi connectivity index (χ4v) is 2.38. The lowest BCUT2D eigenvalue weighted by atomic mass is 9.98. The molecular formula is C16H26O4. The molecule has 0 amide bonds. The molecule has 0 aromatic heterocycles. The highest BCUT2D eigenvalue weighted by Gasteiger charge is 2.24. The molecule has 0 unspecified atom stereocenters. The second-order valence-electron chi connectivity index (χ2n) is 4.93. The average Bonchev–Trinajstić information content (AvgIpc) is 2.46. The van der Waals surface area contributed by atoms with Crippen molar-refractivity contribution >= 4 is 0 Å². The van der Waals surface area contributed by atoms with Crippen molar-refractivity contribution in [3.63, 3.8) is 0 Å². The predicted molar refractivity (Wildman–Crippen MR) is 80.1 cm³/mol. The lowest BCUT2D eigenvalue weighted by Gasteiger charge is -2.19. The summed E-state index contributed by atoms with van der Waals surface area (Å²) in [5, 5.41) is 20.5. The van der Waals surface area contributed by atoms with Crippen molar-refractivity contribution in [2.45, 2.75) is 52.4 Å². The lowest BCUT2D eigenvalue weighted by molar-refractivity contribution is 0.330. The Morgan fingerprint density at radius 3 is 1.35 bits per heavy atom. The summed E-state index contributed by atoms with van der Waals surface area (Å²) >= 11 is 0. The fraction of sp³-hybridized carbons (Fsp3) is 0.625. The van der Waals surface area contributed by atoms with Gasteiger partial charge in [0.25, 0.3) is 0 Å². The number of phenolic OH excluding ortho intramolecular Hbond substituents is 2. The van der Waals surface area contributed by atoms with Gasteiger partial charge in [-0.1, -0.05) is 26.7 Å². The van der Waals surface area contributed by atoms with Gasteiger partial charge in [-0.15, -0.1) is 0 Å². The molecule has 0 heterocycles. The van der Waals surface area contributed by atoms with Crippen LogP contribution in [0.4, 0.5) is 0 Å². The summed E-state index contributed by atoms with van der Waals surface area (Å²) in [6, 6.07) is 0. The lowest BCUT2D eigenvalue weighted by Crippen LogP contribution is -2.02. The van der Waals surface area contributed by atoms with Crippen LogP contribution in [-0.2, 0) is 12.8 Å². The SMILES string of the molecule is CCCCc1c(O)c(O)c(CCCC)c(OC)c1OC. The molecule has 0 fully saturated rings. The van der Waals surface area contributed by atoms with E-state index in [-0.39, 0.29) is 11.5 Å². The van der Waals surface area contributed by atoms with Gasteiger partial charge in [-0.2, -0.15) is 0 Å². The summed E-state index contributed by atoms with van der Waals surface area (Å²) in [5.74, 6) is 0.953. The van der Waals surface area contributed by atoms with E-state index in [0.717, 1.165) is 25.7 Å². The summed E-state index contributed by atoms with van der Waals surface area (Å²) in [4.78, 5) is 0. The molecule has 0 radical (unpaired) electrons. The topological polar surface area (TPSA) is 58.9 Å². The maximum Gasteiger partial charge on any atom is 0.168 e. The molecule has 114 valence electrons. The Kier molecular flexibility index (Phi) is 6.49. The zero-order chi connectivity index (χ0) is 15.1. The molecule has 0 aliphatic rings. The van der Waals surface area contributed by atoms with Crippen molar-refractivity contribution in [1.29, 1.82) is 0 Å². The van der Waals surface area contributed by atoms with E-state index < -0.39 is 0 Å². The van der Waals surface area contributed by atoms with Crippen molar-refractivity contribution in [2.75, 3.05) is 14.2 Å². The Labute approximate surface area is 121 Å². The number of rotatable bonds is 8. The van der Waals surface area contributed by atoms with Crippen LogP contribution in [-0.4, -0.2) is 24.4 Å². The minimum absolute atomic E-state index is 0.0674. The van der Waals surface area contributed by atoms with Crippen LogP contribution >= 0.6 is 0 Å². The van der Waals surface area contributed by atoms with Crippen molar-refractivity contribution in [3.8, 4) is 23.0 Å². The zero-order valence-electron chi connectivity index (χ0n) is 13.0. The summed E-state index contributed by atoms with van der Waals surface area (Å²) in [6.45, 7) is 4.16. The van der Waals surface area contributed by atoms with Crippen LogP contribution in [0.15, 0.2) is 0 Å². The van der Waals surface area contributed by atoms with Crippen molar-refractivity contribution in [2.24, 2.45) is 0 Å². The van der Waals surface area contributed by atoms with Crippen LogP contribution < -0.4 is 9.47 Å². The summed E-state index contributed by atoms with van der Waals surface area (Å²) in [6.07, 6.45) is 5.15. The minimum atomic E-state index is -0.0674. The van der Waals surface area contributed by atoms with E-state index in [1.165, 1.54) is 0 Å². The monoisotopic (exact) mass is 282 g/mol. The Hall–Kier alpha value is -1.58. The van der Waals surface area contributed by atoms with Gasteiger partial charge < -0.3 is 19.7 Å². The van der Waals surface area contributed by atoms with Crippen molar-refractivity contribution in [3.05, 3.63) is 11.1 Å². The Morgan fingerprint density at radius 2 is 1.10 bits per heavy atom. The molecular weight excluding hydrogens is 256 g/mol. The molecule has 4 heteroatoms. The number of phenols is 2. The average molecular weight is 282 g/mol. The number of aromatic hydroxyl groups is 2. The maximum atomic E-state index is 10.3. The third-order valence-corrected chi connectivity index (χ3v) is 3.52. The third-order valence-electron chi connectivity index (χ3n) is 3.52. The standard InChI is InChI=1S/C16H26O4/c1-5-7-9-11-13(17)14(18)12(10-8-6-2)16(20-4)15(11)19-3/h17-18H,5-10H2,1-4H3. The molecule has 0 saturated carbocycles. The molecule has 1 aromatic carbocycles. The Bertz CT molecular complexity index is 400. The summed E-state index contributed by atoms with van der Waals surface area (Å²) in [5.41, 5.74) is 1.26. The second kappa shape index (κ2) is 7.88. The zero-order valence-corrected chi connectivity index (χ0v) is 13.0. The fourth-order valence-electron chi connectivity index (χ4n) is 2.38. The molecule has 0 aliphatic heterocycles. The first-order valence-electron chi connectivity index (χ1n) is 7.29. The minimum Gasteiger partial charge on any atom is -0.504 e. The molecule has 0 saturated heterocycles.